The minimum Gasteiger partial charge on any atom is -0.497 e. The van der Waals surface area contributed by atoms with Gasteiger partial charge in [0.25, 0.3) is 15.9 Å². The Morgan fingerprint density at radius 1 is 0.907 bits per heavy atom. The first-order valence-electron chi connectivity index (χ1n) is 13.0. The zero-order valence-electron chi connectivity index (χ0n) is 23.4. The number of halogens is 1. The second-order valence-corrected chi connectivity index (χ2v) is 11.4. The lowest BCUT2D eigenvalue weighted by Crippen LogP contribution is -2.39. The Morgan fingerprint density at radius 2 is 1.56 bits per heavy atom. The Balaban J connectivity index is 1.43. The van der Waals surface area contributed by atoms with Gasteiger partial charge in [-0.15, -0.1) is 0 Å². The molecule has 0 saturated carbocycles. The topological polar surface area (TPSA) is 126 Å². The highest BCUT2D eigenvalue weighted by Crippen LogP contribution is 2.26. The van der Waals surface area contributed by atoms with E-state index in [0.717, 1.165) is 9.87 Å². The van der Waals surface area contributed by atoms with E-state index in [1.807, 2.05) is 18.2 Å². The van der Waals surface area contributed by atoms with Crippen molar-refractivity contribution in [2.75, 3.05) is 23.3 Å². The molecule has 0 radical (unpaired) electrons. The van der Waals surface area contributed by atoms with Gasteiger partial charge >= 0.3 is 0 Å². The molecule has 4 aromatic rings. The van der Waals surface area contributed by atoms with Crippen molar-refractivity contribution in [1.82, 2.24) is 5.43 Å². The number of hydrogen-bond donors (Lipinski definition) is 2. The average molecular weight is 621 g/mol. The largest absolute Gasteiger partial charge is 0.497 e. The van der Waals surface area contributed by atoms with E-state index in [0.29, 0.717) is 34.4 Å². The summed E-state index contributed by atoms with van der Waals surface area (Å²) in [6, 6.07) is 26.4. The molecule has 0 aliphatic carbocycles. The van der Waals surface area contributed by atoms with Gasteiger partial charge in [-0.2, -0.15) is 5.10 Å². The molecule has 0 aliphatic rings. The zero-order chi connectivity index (χ0) is 30.8. The lowest BCUT2D eigenvalue weighted by atomic mass is 10.2. The van der Waals surface area contributed by atoms with Crippen molar-refractivity contribution in [1.29, 1.82) is 0 Å². The highest BCUT2D eigenvalue weighted by atomic mass is 35.5. The molecule has 0 fully saturated rings. The molecule has 0 unspecified atom stereocenters. The normalized spacial score (nSPS) is 11.1. The first-order valence-corrected chi connectivity index (χ1v) is 14.8. The number of methoxy groups -OCH3 is 1. The quantitative estimate of drug-likeness (QED) is 0.165. The van der Waals surface area contributed by atoms with Gasteiger partial charge in [0.1, 0.15) is 24.7 Å². The summed E-state index contributed by atoms with van der Waals surface area (Å²) >= 11 is 6.17. The summed E-state index contributed by atoms with van der Waals surface area (Å²) in [5, 5.41) is 7.20. The maximum absolute atomic E-state index is 13.6. The smallest absolute Gasteiger partial charge is 0.264 e. The Labute approximate surface area is 254 Å². The van der Waals surface area contributed by atoms with Crippen molar-refractivity contribution >= 4 is 51.0 Å². The van der Waals surface area contributed by atoms with Gasteiger partial charge in [-0.05, 0) is 84.4 Å². The molecule has 0 heterocycles. The number of carbonyl (C=O) groups is 2. The third-order valence-corrected chi connectivity index (χ3v) is 8.20. The van der Waals surface area contributed by atoms with Crippen molar-refractivity contribution in [3.8, 4) is 11.5 Å². The van der Waals surface area contributed by atoms with Gasteiger partial charge in [-0.25, -0.2) is 13.8 Å². The van der Waals surface area contributed by atoms with Crippen LogP contribution >= 0.6 is 11.6 Å². The van der Waals surface area contributed by atoms with E-state index in [9.17, 15) is 18.0 Å². The third-order valence-electron chi connectivity index (χ3n) is 6.05. The van der Waals surface area contributed by atoms with Crippen LogP contribution in [-0.2, 0) is 26.2 Å². The molecule has 2 N–H and O–H groups in total. The van der Waals surface area contributed by atoms with Crippen LogP contribution in [0.1, 0.15) is 18.1 Å². The predicted molar refractivity (Wildman–Crippen MR) is 166 cm³/mol. The Morgan fingerprint density at radius 3 is 2.19 bits per heavy atom. The van der Waals surface area contributed by atoms with Crippen LogP contribution in [0.4, 0.5) is 11.4 Å². The van der Waals surface area contributed by atoms with Crippen molar-refractivity contribution in [2.45, 2.75) is 18.4 Å². The number of anilines is 2. The van der Waals surface area contributed by atoms with Crippen molar-refractivity contribution in [3.63, 3.8) is 0 Å². The van der Waals surface area contributed by atoms with Gasteiger partial charge < -0.3 is 14.8 Å². The summed E-state index contributed by atoms with van der Waals surface area (Å²) in [4.78, 5) is 24.1. The van der Waals surface area contributed by atoms with E-state index in [-0.39, 0.29) is 16.5 Å². The second-order valence-electron chi connectivity index (χ2n) is 9.16. The molecule has 4 rings (SSSR count). The summed E-state index contributed by atoms with van der Waals surface area (Å²) in [5.41, 5.74) is 4.62. The Kier molecular flexibility index (Phi) is 10.4. The number of amides is 2. The molecule has 2 amide bonds. The predicted octanol–water partition coefficient (Wildman–Crippen LogP) is 5.23. The molecule has 0 aliphatic heterocycles. The van der Waals surface area contributed by atoms with E-state index in [2.05, 4.69) is 15.8 Å². The highest BCUT2D eigenvalue weighted by molar-refractivity contribution is 7.92. The van der Waals surface area contributed by atoms with Crippen LogP contribution in [0.25, 0.3) is 0 Å². The van der Waals surface area contributed by atoms with Gasteiger partial charge in [0.05, 0.1) is 23.9 Å². The molecule has 0 spiro atoms. The fourth-order valence-electron chi connectivity index (χ4n) is 3.88. The van der Waals surface area contributed by atoms with E-state index < -0.39 is 22.5 Å². The van der Waals surface area contributed by atoms with Crippen LogP contribution < -0.4 is 24.5 Å². The first-order chi connectivity index (χ1) is 20.7. The summed E-state index contributed by atoms with van der Waals surface area (Å²) < 4.78 is 39.1. The maximum atomic E-state index is 13.6. The molecule has 43 heavy (non-hydrogen) atoms. The van der Waals surface area contributed by atoms with Gasteiger partial charge in [-0.1, -0.05) is 29.8 Å². The second kappa shape index (κ2) is 14.3. The molecule has 0 saturated heterocycles. The molecule has 10 nitrogen and oxygen atoms in total. The molecule has 4 aromatic carbocycles. The van der Waals surface area contributed by atoms with Gasteiger partial charge in [0.15, 0.2) is 0 Å². The number of hydrogen-bond acceptors (Lipinski definition) is 7. The van der Waals surface area contributed by atoms with Crippen LogP contribution in [-0.4, -0.2) is 40.1 Å². The number of nitrogens with zero attached hydrogens (tertiary/aromatic N) is 2. The monoisotopic (exact) mass is 620 g/mol. The van der Waals surface area contributed by atoms with E-state index in [1.54, 1.807) is 42.5 Å². The summed E-state index contributed by atoms with van der Waals surface area (Å²) in [6.45, 7) is 1.12. The standard InChI is InChI=1S/C31H29ClN4O6S/c1-22(37)34-25-9-17-29(18-10-25)43(39,40)36(26-11-15-27(41-2)16-12-26)20-31(38)35-33-19-23-7-13-28(14-8-23)42-21-24-5-3-4-6-30(24)32/h3-19H,20-21H2,1-2H3,(H,34,37)(H,35,38)/b33-19-. The zero-order valence-corrected chi connectivity index (χ0v) is 24.9. The van der Waals surface area contributed by atoms with Crippen molar-refractivity contribution < 1.29 is 27.5 Å². The Bertz CT molecular complexity index is 1690. The minimum atomic E-state index is -4.18. The van der Waals surface area contributed by atoms with E-state index in [1.165, 1.54) is 56.6 Å². The molecule has 0 atom stereocenters. The van der Waals surface area contributed by atoms with Crippen LogP contribution in [0, 0.1) is 0 Å². The first kappa shape index (κ1) is 31.1. The molecular formula is C31H29ClN4O6S. The SMILES string of the molecule is COc1ccc(N(CC(=O)N/N=C\c2ccc(OCc3ccccc3Cl)cc2)S(=O)(=O)c2ccc(NC(C)=O)cc2)cc1. The molecule has 0 aromatic heterocycles. The number of nitrogens with one attached hydrogen (secondary N) is 2. The number of rotatable bonds is 12. The maximum Gasteiger partial charge on any atom is 0.264 e. The van der Waals surface area contributed by atoms with Gasteiger partial charge in [0, 0.05) is 23.2 Å². The van der Waals surface area contributed by atoms with Gasteiger partial charge in [-0.3, -0.25) is 13.9 Å². The lowest BCUT2D eigenvalue weighted by Gasteiger charge is -2.24. The van der Waals surface area contributed by atoms with E-state index >= 15 is 0 Å². The number of hydrazone groups is 1. The third kappa shape index (κ3) is 8.57. The summed E-state index contributed by atoms with van der Waals surface area (Å²) in [6.07, 6.45) is 1.43. The number of sulfonamides is 1. The molecule has 12 heteroatoms. The lowest BCUT2D eigenvalue weighted by molar-refractivity contribution is -0.119. The Hall–Kier alpha value is -4.87. The van der Waals surface area contributed by atoms with Crippen LogP contribution in [0.2, 0.25) is 5.02 Å². The molecule has 222 valence electrons. The van der Waals surface area contributed by atoms with Crippen molar-refractivity contribution in [2.24, 2.45) is 5.10 Å². The fraction of sp³-hybridized carbons (Fsp3) is 0.129. The number of carbonyl (C=O) groups excluding carboxylic acids is 2. The van der Waals surface area contributed by atoms with E-state index in [4.69, 9.17) is 21.1 Å². The van der Waals surface area contributed by atoms with Crippen LogP contribution in [0.3, 0.4) is 0 Å². The minimum absolute atomic E-state index is 0.0643. The summed E-state index contributed by atoms with van der Waals surface area (Å²) in [5.74, 6) is 0.206. The highest BCUT2D eigenvalue weighted by Gasteiger charge is 2.27. The number of ether oxygens (including phenoxy) is 2. The average Bonchev–Trinajstić information content (AvgIpc) is 3.00. The fourth-order valence-corrected chi connectivity index (χ4v) is 5.49. The summed E-state index contributed by atoms with van der Waals surface area (Å²) in [7, 11) is -2.69. The van der Waals surface area contributed by atoms with Gasteiger partial charge in [0.2, 0.25) is 5.91 Å². The number of benzene rings is 4. The van der Waals surface area contributed by atoms with Crippen LogP contribution in [0.15, 0.2) is 107 Å². The van der Waals surface area contributed by atoms with Crippen LogP contribution in [0.5, 0.6) is 11.5 Å². The molecular weight excluding hydrogens is 592 g/mol. The van der Waals surface area contributed by atoms with Crippen molar-refractivity contribution in [3.05, 3.63) is 113 Å². The molecule has 0 bridgehead atoms.